The van der Waals surface area contributed by atoms with Crippen LogP contribution in [0.15, 0.2) is 79.1 Å². The van der Waals surface area contributed by atoms with E-state index in [1.807, 2.05) is 0 Å². The number of aromatic nitrogens is 4. The molecule has 8 nitrogen and oxygen atoms in total. The van der Waals surface area contributed by atoms with Crippen LogP contribution in [0.3, 0.4) is 0 Å². The first-order chi connectivity index (χ1) is 15.4. The summed E-state index contributed by atoms with van der Waals surface area (Å²) in [7, 11) is 0. The van der Waals surface area contributed by atoms with Gasteiger partial charge < -0.3 is 14.8 Å². The number of nitrogens with zero attached hydrogens (tertiary/aromatic N) is 4. The molecule has 0 aliphatic rings. The number of hydrogen-bond donors (Lipinski definition) is 1. The van der Waals surface area contributed by atoms with Crippen LogP contribution in [0.2, 0.25) is 0 Å². The lowest BCUT2D eigenvalue weighted by Crippen LogP contribution is -2.17. The van der Waals surface area contributed by atoms with Crippen LogP contribution < -0.4 is 14.8 Å². The molecule has 2 aromatic heterocycles. The van der Waals surface area contributed by atoms with Crippen LogP contribution in [0, 0.1) is 0 Å². The third kappa shape index (κ3) is 5.39. The number of ether oxygens (including phenoxy) is 2. The molecule has 2 aromatic carbocycles. The Kier molecular flexibility index (Phi) is 5.71. The summed E-state index contributed by atoms with van der Waals surface area (Å²) >= 11 is 0. The van der Waals surface area contributed by atoms with E-state index in [1.165, 1.54) is 12.1 Å². The maximum absolute atomic E-state index is 12.3. The average Bonchev–Trinajstić information content (AvgIpc) is 3.30. The van der Waals surface area contributed by atoms with Gasteiger partial charge in [0.2, 0.25) is 5.88 Å². The zero-order valence-electron chi connectivity index (χ0n) is 16.2. The van der Waals surface area contributed by atoms with Gasteiger partial charge in [0.1, 0.15) is 11.5 Å². The molecule has 0 saturated heterocycles. The molecule has 2 heterocycles. The quantitative estimate of drug-likeness (QED) is 0.470. The van der Waals surface area contributed by atoms with E-state index < -0.39 is 18.0 Å². The third-order valence-corrected chi connectivity index (χ3v) is 4.05. The van der Waals surface area contributed by atoms with Gasteiger partial charge >= 0.3 is 6.36 Å². The molecule has 0 saturated carbocycles. The first-order valence-corrected chi connectivity index (χ1v) is 9.14. The largest absolute Gasteiger partial charge is 0.573 e. The lowest BCUT2D eigenvalue weighted by Gasteiger charge is -2.10. The smallest absolute Gasteiger partial charge is 0.438 e. The molecule has 162 valence electrons. The van der Waals surface area contributed by atoms with Gasteiger partial charge in [-0.3, -0.25) is 4.79 Å². The zero-order valence-corrected chi connectivity index (χ0v) is 16.2. The van der Waals surface area contributed by atoms with E-state index in [1.54, 1.807) is 59.5 Å². The van der Waals surface area contributed by atoms with Gasteiger partial charge in [0, 0.05) is 29.7 Å². The van der Waals surface area contributed by atoms with Crippen LogP contribution in [-0.4, -0.2) is 32.2 Å². The van der Waals surface area contributed by atoms with Crippen molar-refractivity contribution in [2.24, 2.45) is 0 Å². The highest BCUT2D eigenvalue weighted by atomic mass is 19.4. The van der Waals surface area contributed by atoms with E-state index in [-0.39, 0.29) is 11.4 Å². The zero-order chi connectivity index (χ0) is 22.6. The maximum atomic E-state index is 12.3. The molecule has 1 N–H and O–H groups in total. The lowest BCUT2D eigenvalue weighted by atomic mass is 10.2. The summed E-state index contributed by atoms with van der Waals surface area (Å²) in [6, 6.07) is 16.2. The van der Waals surface area contributed by atoms with E-state index in [2.05, 4.69) is 25.3 Å². The molecule has 1 amide bonds. The summed E-state index contributed by atoms with van der Waals surface area (Å²) in [5, 5.41) is 14.7. The van der Waals surface area contributed by atoms with Gasteiger partial charge in [0.25, 0.3) is 5.91 Å². The van der Waals surface area contributed by atoms with E-state index in [4.69, 9.17) is 4.74 Å². The van der Waals surface area contributed by atoms with Gasteiger partial charge in [0.05, 0.1) is 0 Å². The number of carbonyl (C=O) groups excluding carboxylic acids is 1. The van der Waals surface area contributed by atoms with E-state index in [9.17, 15) is 18.0 Å². The first-order valence-electron chi connectivity index (χ1n) is 9.14. The maximum Gasteiger partial charge on any atom is 0.573 e. The summed E-state index contributed by atoms with van der Waals surface area (Å²) in [6.45, 7) is 0. The monoisotopic (exact) mass is 441 g/mol. The van der Waals surface area contributed by atoms with Crippen LogP contribution in [0.4, 0.5) is 18.9 Å². The number of amides is 1. The second-order valence-corrected chi connectivity index (χ2v) is 6.33. The number of carbonyl (C=O) groups is 1. The highest BCUT2D eigenvalue weighted by Crippen LogP contribution is 2.24. The van der Waals surface area contributed by atoms with Crippen molar-refractivity contribution in [2.75, 3.05) is 5.32 Å². The number of alkyl halides is 3. The highest BCUT2D eigenvalue weighted by molar-refractivity contribution is 6.04. The molecule has 0 fully saturated rings. The van der Waals surface area contributed by atoms with E-state index in [0.29, 0.717) is 17.3 Å². The van der Waals surface area contributed by atoms with Gasteiger partial charge in [-0.2, -0.15) is 5.10 Å². The van der Waals surface area contributed by atoms with Crippen LogP contribution in [0.25, 0.3) is 5.82 Å². The van der Waals surface area contributed by atoms with Gasteiger partial charge in [-0.15, -0.1) is 23.4 Å². The Balaban J connectivity index is 1.35. The van der Waals surface area contributed by atoms with Crippen molar-refractivity contribution in [3.8, 4) is 23.2 Å². The summed E-state index contributed by atoms with van der Waals surface area (Å²) in [6.07, 6.45) is -1.42. The summed E-state index contributed by atoms with van der Waals surface area (Å²) < 4.78 is 47.6. The van der Waals surface area contributed by atoms with Crippen molar-refractivity contribution in [2.45, 2.75) is 6.36 Å². The summed E-state index contributed by atoms with van der Waals surface area (Å²) in [5.41, 5.74) is 0.644. The van der Waals surface area contributed by atoms with Crippen LogP contribution >= 0.6 is 0 Å². The molecule has 32 heavy (non-hydrogen) atoms. The Labute approximate surface area is 179 Å². The minimum atomic E-state index is -4.79. The highest BCUT2D eigenvalue weighted by Gasteiger charge is 2.31. The lowest BCUT2D eigenvalue weighted by molar-refractivity contribution is -0.274. The Morgan fingerprint density at radius 3 is 2.22 bits per heavy atom. The fourth-order valence-electron chi connectivity index (χ4n) is 2.63. The van der Waals surface area contributed by atoms with Crippen molar-refractivity contribution in [1.29, 1.82) is 0 Å². The average molecular weight is 441 g/mol. The third-order valence-electron chi connectivity index (χ3n) is 4.05. The molecule has 0 atom stereocenters. The van der Waals surface area contributed by atoms with Crippen molar-refractivity contribution in [3.05, 3.63) is 84.7 Å². The molecule has 0 aliphatic heterocycles. The number of nitrogens with one attached hydrogen (secondary N) is 1. The number of hydrogen-bond acceptors (Lipinski definition) is 6. The molecule has 0 unspecified atom stereocenters. The minimum absolute atomic E-state index is 0.174. The minimum Gasteiger partial charge on any atom is -0.438 e. The van der Waals surface area contributed by atoms with Crippen LogP contribution in [0.1, 0.15) is 10.4 Å². The van der Waals surface area contributed by atoms with E-state index >= 15 is 0 Å². The fraction of sp³-hybridized carbons (Fsp3) is 0.0476. The Morgan fingerprint density at radius 1 is 0.906 bits per heavy atom. The molecule has 4 aromatic rings. The van der Waals surface area contributed by atoms with Gasteiger partial charge in [-0.25, -0.2) is 4.68 Å². The van der Waals surface area contributed by atoms with Crippen LogP contribution in [-0.2, 0) is 0 Å². The van der Waals surface area contributed by atoms with Crippen molar-refractivity contribution in [3.63, 3.8) is 0 Å². The second-order valence-electron chi connectivity index (χ2n) is 6.33. The normalized spacial score (nSPS) is 11.1. The number of anilines is 1. The fourth-order valence-corrected chi connectivity index (χ4v) is 2.63. The van der Waals surface area contributed by atoms with Crippen molar-refractivity contribution in [1.82, 2.24) is 20.0 Å². The number of rotatable bonds is 6. The molecule has 4 rings (SSSR count). The second kappa shape index (κ2) is 8.76. The van der Waals surface area contributed by atoms with Gasteiger partial charge in [0.15, 0.2) is 5.82 Å². The molecular weight excluding hydrogens is 427 g/mol. The summed E-state index contributed by atoms with van der Waals surface area (Å²) in [4.78, 5) is 12.3. The Morgan fingerprint density at radius 2 is 1.62 bits per heavy atom. The topological polar surface area (TPSA) is 91.2 Å². The Bertz CT molecular complexity index is 1180. The SMILES string of the molecule is O=C(Nc1ccc(Oc2ccc(-n3cccn3)nn2)cc1)c1ccc(OC(F)(F)F)cc1. The predicted molar refractivity (Wildman–Crippen MR) is 107 cm³/mol. The first kappa shape index (κ1) is 20.8. The van der Waals surface area contributed by atoms with Gasteiger partial charge in [-0.1, -0.05) is 0 Å². The molecular formula is C21H14F3N5O3. The molecule has 0 spiro atoms. The van der Waals surface area contributed by atoms with Gasteiger partial charge in [-0.05, 0) is 60.7 Å². The molecule has 11 heteroatoms. The van der Waals surface area contributed by atoms with Crippen LogP contribution in [0.5, 0.6) is 17.4 Å². The molecule has 0 bridgehead atoms. The predicted octanol–water partition coefficient (Wildman–Crippen LogP) is 4.61. The Hall–Kier alpha value is -4.41. The standard InChI is InChI=1S/C21H14F3N5O3/c22-21(23,24)32-17-6-2-14(3-7-17)20(30)26-15-4-8-16(9-5-15)31-19-11-10-18(27-28-19)29-13-1-12-25-29/h1-13H,(H,26,30). The number of benzene rings is 2. The number of halogens is 3. The van der Waals surface area contributed by atoms with Crippen molar-refractivity contribution >= 4 is 11.6 Å². The van der Waals surface area contributed by atoms with Crippen molar-refractivity contribution < 1.29 is 27.4 Å². The summed E-state index contributed by atoms with van der Waals surface area (Å²) in [5.74, 6) is 0.392. The van der Waals surface area contributed by atoms with E-state index in [0.717, 1.165) is 12.1 Å². The molecule has 0 radical (unpaired) electrons. The molecule has 0 aliphatic carbocycles.